The van der Waals surface area contributed by atoms with E-state index in [1.165, 1.54) is 37.0 Å². The largest absolute Gasteiger partial charge is 0.323 e. The van der Waals surface area contributed by atoms with Crippen LogP contribution in [0.1, 0.15) is 37.2 Å². The molecule has 0 aliphatic carbocycles. The number of hydrogen-bond acceptors (Lipinski definition) is 2. The van der Waals surface area contributed by atoms with Crippen molar-refractivity contribution in [2.75, 3.05) is 19.6 Å². The van der Waals surface area contributed by atoms with E-state index in [-0.39, 0.29) is 0 Å². The van der Waals surface area contributed by atoms with Gasteiger partial charge < -0.3 is 9.47 Å². The predicted octanol–water partition coefficient (Wildman–Crippen LogP) is 3.74. The van der Waals surface area contributed by atoms with Crippen LogP contribution in [0.2, 0.25) is 0 Å². The molecule has 20 heavy (non-hydrogen) atoms. The Morgan fingerprint density at radius 1 is 1.30 bits per heavy atom. The second-order valence-electron chi connectivity index (χ2n) is 5.83. The highest BCUT2D eigenvalue weighted by atomic mass is 35.5. The van der Waals surface area contributed by atoms with Gasteiger partial charge in [0.05, 0.1) is 16.9 Å². The fourth-order valence-electron chi connectivity index (χ4n) is 3.31. The van der Waals surface area contributed by atoms with Crippen LogP contribution in [-0.2, 0) is 5.88 Å². The second-order valence-corrected chi connectivity index (χ2v) is 6.10. The lowest BCUT2D eigenvalue weighted by atomic mass is 10.2. The highest BCUT2D eigenvalue weighted by Crippen LogP contribution is 2.25. The number of rotatable bonds is 4. The summed E-state index contributed by atoms with van der Waals surface area (Å²) in [6.07, 6.45) is 2.66. The summed E-state index contributed by atoms with van der Waals surface area (Å²) in [5, 5.41) is 0. The zero-order chi connectivity index (χ0) is 14.1. The molecule has 1 atom stereocenters. The second kappa shape index (κ2) is 5.74. The average molecular weight is 292 g/mol. The van der Waals surface area contributed by atoms with Gasteiger partial charge in [-0.3, -0.25) is 0 Å². The van der Waals surface area contributed by atoms with Crippen LogP contribution in [0, 0.1) is 6.92 Å². The highest BCUT2D eigenvalue weighted by molar-refractivity contribution is 6.16. The van der Waals surface area contributed by atoms with Crippen LogP contribution in [0.3, 0.4) is 0 Å². The van der Waals surface area contributed by atoms with Crippen LogP contribution in [0.4, 0.5) is 0 Å². The fourth-order valence-corrected chi connectivity index (χ4v) is 3.50. The Bertz CT molecular complexity index is 599. The number of para-hydroxylation sites is 1. The summed E-state index contributed by atoms with van der Waals surface area (Å²) in [7, 11) is 0. The zero-order valence-corrected chi connectivity index (χ0v) is 13.0. The Morgan fingerprint density at radius 3 is 2.75 bits per heavy atom. The van der Waals surface area contributed by atoms with Gasteiger partial charge in [-0.25, -0.2) is 4.98 Å². The van der Waals surface area contributed by atoms with E-state index in [2.05, 4.69) is 41.5 Å². The standard InChI is InChI=1S/C16H22ClN3/c1-12-6-5-7-14-16(12)18-15(10-17)20(14)13(2)11-19-8-3-4-9-19/h5-7,13H,3-4,8-11H2,1-2H3. The Hall–Kier alpha value is -1.06. The Kier molecular flexibility index (Phi) is 3.99. The van der Waals surface area contributed by atoms with Crippen molar-refractivity contribution in [3.8, 4) is 0 Å². The maximum absolute atomic E-state index is 6.12. The van der Waals surface area contributed by atoms with Gasteiger partial charge in [-0.2, -0.15) is 0 Å². The molecule has 0 amide bonds. The van der Waals surface area contributed by atoms with Gasteiger partial charge in [-0.15, -0.1) is 11.6 Å². The summed E-state index contributed by atoms with van der Waals surface area (Å²) < 4.78 is 2.33. The molecule has 108 valence electrons. The van der Waals surface area contributed by atoms with Crippen molar-refractivity contribution in [2.24, 2.45) is 0 Å². The Morgan fingerprint density at radius 2 is 2.05 bits per heavy atom. The zero-order valence-electron chi connectivity index (χ0n) is 12.3. The topological polar surface area (TPSA) is 21.1 Å². The first-order valence-corrected chi connectivity index (χ1v) is 7.99. The van der Waals surface area contributed by atoms with Gasteiger partial charge in [0.2, 0.25) is 0 Å². The van der Waals surface area contributed by atoms with Gasteiger partial charge in [0.25, 0.3) is 0 Å². The van der Waals surface area contributed by atoms with Crippen LogP contribution < -0.4 is 0 Å². The minimum absolute atomic E-state index is 0.411. The minimum Gasteiger partial charge on any atom is -0.323 e. The number of halogens is 1. The van der Waals surface area contributed by atoms with E-state index in [1.807, 2.05) is 0 Å². The summed E-state index contributed by atoms with van der Waals surface area (Å²) in [6.45, 7) is 7.93. The molecule has 4 heteroatoms. The Labute approximate surface area is 125 Å². The van der Waals surface area contributed by atoms with Gasteiger partial charge in [0, 0.05) is 12.6 Å². The first kappa shape index (κ1) is 13.9. The number of nitrogens with zero attached hydrogens (tertiary/aromatic N) is 3. The summed E-state index contributed by atoms with van der Waals surface area (Å²) in [5.74, 6) is 1.46. The van der Waals surface area contributed by atoms with Crippen LogP contribution in [0.15, 0.2) is 18.2 Å². The normalized spacial score (nSPS) is 17.9. The number of aryl methyl sites for hydroxylation is 1. The van der Waals surface area contributed by atoms with Crippen molar-refractivity contribution >= 4 is 22.6 Å². The molecule has 0 saturated carbocycles. The molecular weight excluding hydrogens is 270 g/mol. The molecule has 3 nitrogen and oxygen atoms in total. The van der Waals surface area contributed by atoms with Crippen LogP contribution >= 0.6 is 11.6 Å². The van der Waals surface area contributed by atoms with Gasteiger partial charge in [-0.1, -0.05) is 12.1 Å². The average Bonchev–Trinajstić information content (AvgIpc) is 3.05. The maximum Gasteiger partial charge on any atom is 0.125 e. The van der Waals surface area contributed by atoms with Crippen LogP contribution in [0.25, 0.3) is 11.0 Å². The van der Waals surface area contributed by atoms with E-state index in [0.29, 0.717) is 11.9 Å². The number of likely N-dealkylation sites (tertiary alicyclic amines) is 1. The van der Waals surface area contributed by atoms with Gasteiger partial charge in [0.1, 0.15) is 5.82 Å². The monoisotopic (exact) mass is 291 g/mol. The first-order valence-electron chi connectivity index (χ1n) is 7.45. The highest BCUT2D eigenvalue weighted by Gasteiger charge is 2.20. The first-order chi connectivity index (χ1) is 9.70. The van der Waals surface area contributed by atoms with E-state index in [4.69, 9.17) is 16.6 Å². The number of alkyl halides is 1. The number of fused-ring (bicyclic) bond motifs is 1. The van der Waals surface area contributed by atoms with E-state index in [9.17, 15) is 0 Å². The smallest absolute Gasteiger partial charge is 0.125 e. The fraction of sp³-hybridized carbons (Fsp3) is 0.562. The van der Waals surface area contributed by atoms with E-state index in [0.717, 1.165) is 17.9 Å². The molecule has 2 heterocycles. The number of aromatic nitrogens is 2. The quantitative estimate of drug-likeness (QED) is 0.800. The minimum atomic E-state index is 0.411. The van der Waals surface area contributed by atoms with Crippen molar-refractivity contribution in [3.63, 3.8) is 0 Å². The van der Waals surface area contributed by atoms with Gasteiger partial charge in [0.15, 0.2) is 0 Å². The molecule has 1 aliphatic rings. The molecule has 1 saturated heterocycles. The van der Waals surface area contributed by atoms with Crippen molar-refractivity contribution in [3.05, 3.63) is 29.6 Å². The molecule has 0 spiro atoms. The van der Waals surface area contributed by atoms with Gasteiger partial charge >= 0.3 is 0 Å². The third-order valence-electron chi connectivity index (χ3n) is 4.28. The lowest BCUT2D eigenvalue weighted by Gasteiger charge is -2.23. The predicted molar refractivity (Wildman–Crippen MR) is 84.4 cm³/mol. The maximum atomic E-state index is 6.12. The summed E-state index contributed by atoms with van der Waals surface area (Å²) in [6, 6.07) is 6.79. The molecule has 0 N–H and O–H groups in total. The van der Waals surface area contributed by atoms with E-state index < -0.39 is 0 Å². The molecule has 1 aliphatic heterocycles. The third-order valence-corrected chi connectivity index (χ3v) is 4.52. The molecule has 0 bridgehead atoms. The molecule has 2 aromatic rings. The molecular formula is C16H22ClN3. The van der Waals surface area contributed by atoms with Crippen LogP contribution in [0.5, 0.6) is 0 Å². The molecule has 1 aromatic heterocycles. The number of benzene rings is 1. The molecule has 1 aromatic carbocycles. The molecule has 1 unspecified atom stereocenters. The summed E-state index contributed by atoms with van der Waals surface area (Å²) in [4.78, 5) is 7.28. The summed E-state index contributed by atoms with van der Waals surface area (Å²) in [5.41, 5.74) is 3.53. The van der Waals surface area contributed by atoms with E-state index in [1.54, 1.807) is 0 Å². The van der Waals surface area contributed by atoms with Crippen LogP contribution in [-0.4, -0.2) is 34.1 Å². The van der Waals surface area contributed by atoms with Crippen molar-refractivity contribution in [2.45, 2.75) is 38.6 Å². The van der Waals surface area contributed by atoms with Crippen molar-refractivity contribution in [1.29, 1.82) is 0 Å². The number of imidazole rings is 1. The molecule has 1 fully saturated rings. The summed E-state index contributed by atoms with van der Waals surface area (Å²) >= 11 is 6.12. The number of hydrogen-bond donors (Lipinski definition) is 0. The lowest BCUT2D eigenvalue weighted by molar-refractivity contribution is 0.288. The Balaban J connectivity index is 1.98. The molecule has 0 radical (unpaired) electrons. The van der Waals surface area contributed by atoms with Gasteiger partial charge in [-0.05, 0) is 51.4 Å². The molecule has 3 rings (SSSR count). The van der Waals surface area contributed by atoms with E-state index >= 15 is 0 Å². The van der Waals surface area contributed by atoms with Crippen molar-refractivity contribution in [1.82, 2.24) is 14.5 Å². The SMILES string of the molecule is Cc1cccc2c1nc(CCl)n2C(C)CN1CCCC1. The van der Waals surface area contributed by atoms with Crippen molar-refractivity contribution < 1.29 is 0 Å². The third kappa shape index (κ3) is 2.45. The lowest BCUT2D eigenvalue weighted by Crippen LogP contribution is -2.27.